The van der Waals surface area contributed by atoms with Crippen molar-refractivity contribution in [1.29, 1.82) is 0 Å². The van der Waals surface area contributed by atoms with Gasteiger partial charge >= 0.3 is 0 Å². The summed E-state index contributed by atoms with van der Waals surface area (Å²) in [4.78, 5) is 19.6. The van der Waals surface area contributed by atoms with E-state index in [1.807, 2.05) is 11.0 Å². The quantitative estimate of drug-likeness (QED) is 0.830. The molecule has 1 amide bonds. The highest BCUT2D eigenvalue weighted by molar-refractivity contribution is 5.82. The number of ether oxygens (including phenoxy) is 1. The van der Waals surface area contributed by atoms with Crippen LogP contribution < -0.4 is 4.90 Å². The zero-order valence-electron chi connectivity index (χ0n) is 14.4. The van der Waals surface area contributed by atoms with Gasteiger partial charge in [-0.05, 0) is 25.1 Å². The largest absolute Gasteiger partial charge is 0.372 e. The number of hydrogen-bond donors (Lipinski definition) is 0. The van der Waals surface area contributed by atoms with E-state index >= 15 is 0 Å². The first-order chi connectivity index (χ1) is 11.1. The third-order valence-electron chi connectivity index (χ3n) is 4.97. The van der Waals surface area contributed by atoms with Gasteiger partial charge in [0.25, 0.3) is 5.91 Å². The smallest absolute Gasteiger partial charge is 0.253 e. The molecule has 2 atom stereocenters. The Balaban J connectivity index is 1.80. The van der Waals surface area contributed by atoms with E-state index in [1.165, 1.54) is 11.3 Å². The number of hydrogen-bond acceptors (Lipinski definition) is 4. The number of rotatable bonds is 2. The maximum atomic E-state index is 13.1. The molecule has 126 valence electrons. The highest BCUT2D eigenvalue weighted by Crippen LogP contribution is 2.26. The van der Waals surface area contributed by atoms with E-state index in [0.29, 0.717) is 19.7 Å². The molecule has 1 aromatic carbocycles. The van der Waals surface area contributed by atoms with Gasteiger partial charge in [-0.2, -0.15) is 0 Å². The fourth-order valence-electron chi connectivity index (χ4n) is 3.57. The van der Waals surface area contributed by atoms with Crippen LogP contribution >= 0.6 is 0 Å². The zero-order valence-corrected chi connectivity index (χ0v) is 14.4. The van der Waals surface area contributed by atoms with Crippen molar-refractivity contribution in [2.75, 3.05) is 44.7 Å². The van der Waals surface area contributed by atoms with Gasteiger partial charge in [0, 0.05) is 45.0 Å². The van der Waals surface area contributed by atoms with Gasteiger partial charge in [0.05, 0.1) is 6.61 Å². The molecule has 0 spiro atoms. The molecule has 5 nitrogen and oxygen atoms in total. The first-order valence-corrected chi connectivity index (χ1v) is 8.53. The molecule has 0 radical (unpaired) electrons. The summed E-state index contributed by atoms with van der Waals surface area (Å²) in [6, 6.07) is 8.51. The van der Waals surface area contributed by atoms with Crippen molar-refractivity contribution in [3.8, 4) is 0 Å². The Morgan fingerprint density at radius 1 is 1.30 bits per heavy atom. The van der Waals surface area contributed by atoms with E-state index in [9.17, 15) is 4.79 Å². The second-order valence-electron chi connectivity index (χ2n) is 6.58. The summed E-state index contributed by atoms with van der Waals surface area (Å²) in [5.74, 6) is 0.126. The highest BCUT2D eigenvalue weighted by Gasteiger charge is 2.34. The molecule has 1 saturated heterocycles. The second kappa shape index (κ2) is 6.89. The van der Waals surface area contributed by atoms with Crippen LogP contribution in [-0.2, 0) is 16.1 Å². The van der Waals surface area contributed by atoms with Crippen LogP contribution in [0, 0.1) is 0 Å². The van der Waals surface area contributed by atoms with Crippen LogP contribution in [0.4, 0.5) is 5.69 Å². The van der Waals surface area contributed by atoms with Gasteiger partial charge < -0.3 is 14.5 Å². The Morgan fingerprint density at radius 2 is 2.09 bits per heavy atom. The van der Waals surface area contributed by atoms with Crippen molar-refractivity contribution >= 4 is 11.6 Å². The lowest BCUT2D eigenvalue weighted by Crippen LogP contribution is -2.53. The van der Waals surface area contributed by atoms with Crippen molar-refractivity contribution in [1.82, 2.24) is 9.80 Å². The first kappa shape index (κ1) is 16.3. The normalized spacial score (nSPS) is 25.9. The fraction of sp³-hybridized carbons (Fsp3) is 0.611. The van der Waals surface area contributed by atoms with E-state index in [4.69, 9.17) is 4.74 Å². The third kappa shape index (κ3) is 3.35. The van der Waals surface area contributed by atoms with E-state index in [0.717, 1.165) is 19.6 Å². The molecule has 0 saturated carbocycles. The Morgan fingerprint density at radius 3 is 2.87 bits per heavy atom. The molecular weight excluding hydrogens is 290 g/mol. The summed E-state index contributed by atoms with van der Waals surface area (Å²) in [6.07, 6.45) is -0.332. The van der Waals surface area contributed by atoms with Gasteiger partial charge in [-0.15, -0.1) is 0 Å². The predicted octanol–water partition coefficient (Wildman–Crippen LogP) is 1.57. The molecule has 1 fully saturated rings. The summed E-state index contributed by atoms with van der Waals surface area (Å²) >= 11 is 0. The molecule has 23 heavy (non-hydrogen) atoms. The average molecular weight is 317 g/mol. The van der Waals surface area contributed by atoms with Gasteiger partial charge in [-0.3, -0.25) is 9.69 Å². The standard InChI is InChI=1S/C18H27N3O2/c1-4-20-9-10-23-17(13-20)18(22)21-12-15-7-5-6-8-16(15)19(3)11-14(21)2/h5-8,14,17H,4,9-13H2,1-3H3/t14-,17+/m1/s1. The number of morpholine rings is 1. The molecule has 2 aliphatic rings. The molecular formula is C18H27N3O2. The molecule has 0 N–H and O–H groups in total. The Labute approximate surface area is 138 Å². The minimum atomic E-state index is -0.332. The molecule has 0 bridgehead atoms. The van der Waals surface area contributed by atoms with Crippen LogP contribution in [0.25, 0.3) is 0 Å². The predicted molar refractivity (Wildman–Crippen MR) is 91.6 cm³/mol. The summed E-state index contributed by atoms with van der Waals surface area (Å²) in [5, 5.41) is 0. The number of anilines is 1. The van der Waals surface area contributed by atoms with E-state index in [1.54, 1.807) is 0 Å². The zero-order chi connectivity index (χ0) is 16.4. The number of nitrogens with zero attached hydrogens (tertiary/aromatic N) is 3. The van der Waals surface area contributed by atoms with E-state index in [-0.39, 0.29) is 18.1 Å². The Bertz CT molecular complexity index is 563. The lowest BCUT2D eigenvalue weighted by molar-refractivity contribution is -0.151. The van der Waals surface area contributed by atoms with Gasteiger partial charge in [0.15, 0.2) is 0 Å². The Hall–Kier alpha value is -1.59. The van der Waals surface area contributed by atoms with E-state index in [2.05, 4.69) is 48.9 Å². The van der Waals surface area contributed by atoms with Crippen molar-refractivity contribution in [3.05, 3.63) is 29.8 Å². The lowest BCUT2D eigenvalue weighted by Gasteiger charge is -2.36. The minimum absolute atomic E-state index is 0.126. The fourth-order valence-corrected chi connectivity index (χ4v) is 3.57. The van der Waals surface area contributed by atoms with Crippen LogP contribution in [0.2, 0.25) is 0 Å². The highest BCUT2D eigenvalue weighted by atomic mass is 16.5. The molecule has 1 aromatic rings. The van der Waals surface area contributed by atoms with Crippen molar-refractivity contribution in [2.45, 2.75) is 32.5 Å². The third-order valence-corrected chi connectivity index (χ3v) is 4.97. The van der Waals surface area contributed by atoms with E-state index < -0.39 is 0 Å². The summed E-state index contributed by atoms with van der Waals surface area (Å²) in [6.45, 7) is 8.99. The maximum absolute atomic E-state index is 13.1. The number of carbonyl (C=O) groups is 1. The molecule has 0 unspecified atom stereocenters. The molecule has 3 rings (SSSR count). The maximum Gasteiger partial charge on any atom is 0.253 e. The number of likely N-dealkylation sites (N-methyl/N-ethyl adjacent to an activating group) is 2. The number of benzene rings is 1. The molecule has 0 aliphatic carbocycles. The lowest BCUT2D eigenvalue weighted by atomic mass is 10.1. The van der Waals surface area contributed by atoms with Gasteiger partial charge in [0.2, 0.25) is 0 Å². The van der Waals surface area contributed by atoms with Crippen LogP contribution in [0.3, 0.4) is 0 Å². The van der Waals surface area contributed by atoms with Crippen LogP contribution in [0.1, 0.15) is 19.4 Å². The van der Waals surface area contributed by atoms with Gasteiger partial charge in [-0.1, -0.05) is 25.1 Å². The summed E-state index contributed by atoms with van der Waals surface area (Å²) in [7, 11) is 2.10. The van der Waals surface area contributed by atoms with Gasteiger partial charge in [0.1, 0.15) is 6.10 Å². The van der Waals surface area contributed by atoms with Crippen molar-refractivity contribution < 1.29 is 9.53 Å². The van der Waals surface area contributed by atoms with Crippen molar-refractivity contribution in [3.63, 3.8) is 0 Å². The average Bonchev–Trinajstić information content (AvgIpc) is 2.71. The van der Waals surface area contributed by atoms with Crippen LogP contribution in [0.15, 0.2) is 24.3 Å². The number of amides is 1. The second-order valence-corrected chi connectivity index (χ2v) is 6.58. The molecule has 2 aliphatic heterocycles. The number of fused-ring (bicyclic) bond motifs is 1. The Kier molecular flexibility index (Phi) is 4.87. The summed E-state index contributed by atoms with van der Waals surface area (Å²) < 4.78 is 5.78. The molecule has 2 heterocycles. The molecule has 5 heteroatoms. The molecule has 0 aromatic heterocycles. The monoisotopic (exact) mass is 317 g/mol. The topological polar surface area (TPSA) is 36.0 Å². The SMILES string of the molecule is CCN1CCO[C@H](C(=O)N2Cc3ccccc3N(C)C[C@H]2C)C1. The van der Waals surface area contributed by atoms with Crippen LogP contribution in [-0.4, -0.2) is 67.7 Å². The minimum Gasteiger partial charge on any atom is -0.372 e. The first-order valence-electron chi connectivity index (χ1n) is 8.53. The number of carbonyl (C=O) groups excluding carboxylic acids is 1. The van der Waals surface area contributed by atoms with Crippen LogP contribution in [0.5, 0.6) is 0 Å². The summed E-state index contributed by atoms with van der Waals surface area (Å²) in [5.41, 5.74) is 2.42. The number of para-hydroxylation sites is 1. The van der Waals surface area contributed by atoms with Crippen molar-refractivity contribution in [2.24, 2.45) is 0 Å². The van der Waals surface area contributed by atoms with Gasteiger partial charge in [-0.25, -0.2) is 0 Å².